The highest BCUT2D eigenvalue weighted by molar-refractivity contribution is 5.81. The van der Waals surface area contributed by atoms with Crippen molar-refractivity contribution in [1.29, 1.82) is 0 Å². The molecule has 1 amide bonds. The lowest BCUT2D eigenvalue weighted by Gasteiger charge is -2.10. The van der Waals surface area contributed by atoms with E-state index in [-0.39, 0.29) is 18.4 Å². The monoisotopic (exact) mass is 185 g/mol. The van der Waals surface area contributed by atoms with Crippen molar-refractivity contribution in [1.82, 2.24) is 5.32 Å². The van der Waals surface area contributed by atoms with Crippen LogP contribution in [0.1, 0.15) is 26.7 Å². The summed E-state index contributed by atoms with van der Waals surface area (Å²) in [5.41, 5.74) is 0. The van der Waals surface area contributed by atoms with Gasteiger partial charge in [0.25, 0.3) is 0 Å². The molecule has 0 saturated heterocycles. The molecule has 3 nitrogen and oxygen atoms in total. The van der Waals surface area contributed by atoms with Gasteiger partial charge in [-0.15, -0.1) is 0 Å². The van der Waals surface area contributed by atoms with Crippen LogP contribution in [0.15, 0.2) is 0 Å². The fourth-order valence-corrected chi connectivity index (χ4v) is 1.42. The van der Waals surface area contributed by atoms with Crippen molar-refractivity contribution in [2.75, 3.05) is 13.2 Å². The van der Waals surface area contributed by atoms with Crippen LogP contribution in [0.25, 0.3) is 0 Å². The van der Waals surface area contributed by atoms with Crippen molar-refractivity contribution < 1.29 is 9.90 Å². The maximum Gasteiger partial charge on any atom is 0.223 e. The Balaban J connectivity index is 2.08. The first-order valence-electron chi connectivity index (χ1n) is 5.03. The summed E-state index contributed by atoms with van der Waals surface area (Å²) in [5.74, 6) is 1.41. The van der Waals surface area contributed by atoms with Gasteiger partial charge in [-0.3, -0.25) is 4.79 Å². The number of carbonyl (C=O) groups excluding carboxylic acids is 1. The second kappa shape index (κ2) is 4.61. The van der Waals surface area contributed by atoms with Crippen LogP contribution in [-0.2, 0) is 4.79 Å². The van der Waals surface area contributed by atoms with Crippen LogP contribution in [0.5, 0.6) is 0 Å². The average Bonchev–Trinajstić information content (AvgIpc) is 2.79. The van der Waals surface area contributed by atoms with Gasteiger partial charge in [0.2, 0.25) is 5.91 Å². The van der Waals surface area contributed by atoms with Gasteiger partial charge in [-0.05, 0) is 24.7 Å². The lowest BCUT2D eigenvalue weighted by Crippen LogP contribution is -2.30. The van der Waals surface area contributed by atoms with Gasteiger partial charge in [-0.1, -0.05) is 13.8 Å². The number of aliphatic hydroxyl groups is 1. The molecule has 3 unspecified atom stereocenters. The molecule has 13 heavy (non-hydrogen) atoms. The molecule has 3 heteroatoms. The number of nitrogens with one attached hydrogen (secondary N) is 1. The van der Waals surface area contributed by atoms with Crippen LogP contribution in [0.2, 0.25) is 0 Å². The minimum atomic E-state index is 0.192. The van der Waals surface area contributed by atoms with E-state index in [4.69, 9.17) is 5.11 Å². The lowest BCUT2D eigenvalue weighted by atomic mass is 10.1. The van der Waals surface area contributed by atoms with Gasteiger partial charge in [-0.25, -0.2) is 0 Å². The molecule has 1 aliphatic rings. The first kappa shape index (κ1) is 10.5. The minimum absolute atomic E-state index is 0.192. The molecular weight excluding hydrogens is 166 g/mol. The number of hydrogen-bond acceptors (Lipinski definition) is 2. The molecule has 1 fully saturated rings. The molecule has 76 valence electrons. The molecule has 0 aliphatic heterocycles. The number of aliphatic hydroxyl groups excluding tert-OH is 1. The minimum Gasteiger partial charge on any atom is -0.396 e. The van der Waals surface area contributed by atoms with Gasteiger partial charge >= 0.3 is 0 Å². The molecule has 1 aliphatic carbocycles. The summed E-state index contributed by atoms with van der Waals surface area (Å²) in [6.45, 7) is 5.04. The largest absolute Gasteiger partial charge is 0.396 e. The van der Waals surface area contributed by atoms with Crippen molar-refractivity contribution in [2.24, 2.45) is 17.8 Å². The van der Waals surface area contributed by atoms with Crippen LogP contribution in [0, 0.1) is 17.8 Å². The predicted octanol–water partition coefficient (Wildman–Crippen LogP) is 0.777. The SMILES string of the molecule is CC(CCO)CNC(=O)C1CC1C. The van der Waals surface area contributed by atoms with Gasteiger partial charge in [0, 0.05) is 19.1 Å². The predicted molar refractivity (Wildman–Crippen MR) is 51.1 cm³/mol. The molecule has 0 bridgehead atoms. The maximum atomic E-state index is 11.4. The standard InChI is InChI=1S/C10H19NO2/c1-7(3-4-12)6-11-10(13)9-5-8(9)2/h7-9,12H,3-6H2,1-2H3,(H,11,13). The summed E-state index contributed by atoms with van der Waals surface area (Å²) >= 11 is 0. The molecule has 3 atom stereocenters. The van der Waals surface area contributed by atoms with E-state index in [1.54, 1.807) is 0 Å². The fraction of sp³-hybridized carbons (Fsp3) is 0.900. The third-order valence-electron chi connectivity index (χ3n) is 2.69. The quantitative estimate of drug-likeness (QED) is 0.665. The lowest BCUT2D eigenvalue weighted by molar-refractivity contribution is -0.122. The summed E-state index contributed by atoms with van der Waals surface area (Å²) in [7, 11) is 0. The number of amides is 1. The molecule has 0 aromatic carbocycles. The average molecular weight is 185 g/mol. The van der Waals surface area contributed by atoms with Crippen LogP contribution in [-0.4, -0.2) is 24.2 Å². The molecule has 2 N–H and O–H groups in total. The smallest absolute Gasteiger partial charge is 0.223 e. The summed E-state index contributed by atoms with van der Waals surface area (Å²) in [5, 5.41) is 11.6. The summed E-state index contributed by atoms with van der Waals surface area (Å²) < 4.78 is 0. The first-order valence-corrected chi connectivity index (χ1v) is 5.03. The van der Waals surface area contributed by atoms with Crippen molar-refractivity contribution in [3.63, 3.8) is 0 Å². The second-order valence-corrected chi connectivity index (χ2v) is 4.18. The van der Waals surface area contributed by atoms with E-state index < -0.39 is 0 Å². The van der Waals surface area contributed by atoms with E-state index >= 15 is 0 Å². The zero-order valence-electron chi connectivity index (χ0n) is 8.42. The molecule has 0 spiro atoms. The van der Waals surface area contributed by atoms with E-state index in [0.29, 0.717) is 18.4 Å². The third kappa shape index (κ3) is 3.35. The first-order chi connectivity index (χ1) is 6.15. The summed E-state index contributed by atoms with van der Waals surface area (Å²) in [6, 6.07) is 0. The Bertz CT molecular complexity index is 182. The third-order valence-corrected chi connectivity index (χ3v) is 2.69. The van der Waals surface area contributed by atoms with Crippen molar-refractivity contribution in [2.45, 2.75) is 26.7 Å². The highest BCUT2D eigenvalue weighted by atomic mass is 16.3. The molecule has 0 radical (unpaired) electrons. The Morgan fingerprint density at radius 2 is 2.31 bits per heavy atom. The van der Waals surface area contributed by atoms with Gasteiger partial charge < -0.3 is 10.4 Å². The summed E-state index contributed by atoms with van der Waals surface area (Å²) in [4.78, 5) is 11.4. The van der Waals surface area contributed by atoms with E-state index in [9.17, 15) is 4.79 Å². The van der Waals surface area contributed by atoms with Crippen LogP contribution >= 0.6 is 0 Å². The van der Waals surface area contributed by atoms with E-state index in [2.05, 4.69) is 12.2 Å². The van der Waals surface area contributed by atoms with Crippen LogP contribution < -0.4 is 5.32 Å². The fourth-order valence-electron chi connectivity index (χ4n) is 1.42. The van der Waals surface area contributed by atoms with Crippen molar-refractivity contribution in [3.8, 4) is 0 Å². The van der Waals surface area contributed by atoms with Gasteiger partial charge in [0.1, 0.15) is 0 Å². The van der Waals surface area contributed by atoms with E-state index in [1.807, 2.05) is 6.92 Å². The Labute approximate surface area is 79.5 Å². The molecule has 0 heterocycles. The van der Waals surface area contributed by atoms with Gasteiger partial charge in [-0.2, -0.15) is 0 Å². The zero-order valence-corrected chi connectivity index (χ0v) is 8.42. The van der Waals surface area contributed by atoms with Gasteiger partial charge in [0.15, 0.2) is 0 Å². The number of hydrogen-bond donors (Lipinski definition) is 2. The van der Waals surface area contributed by atoms with Gasteiger partial charge in [0.05, 0.1) is 0 Å². The van der Waals surface area contributed by atoms with Crippen molar-refractivity contribution >= 4 is 5.91 Å². The maximum absolute atomic E-state index is 11.4. The second-order valence-electron chi connectivity index (χ2n) is 4.18. The Morgan fingerprint density at radius 3 is 2.77 bits per heavy atom. The number of carbonyl (C=O) groups is 1. The molecule has 0 aromatic heterocycles. The Morgan fingerprint density at radius 1 is 1.69 bits per heavy atom. The highest BCUT2D eigenvalue weighted by Gasteiger charge is 2.38. The van der Waals surface area contributed by atoms with Crippen molar-refractivity contribution in [3.05, 3.63) is 0 Å². The Kier molecular flexibility index (Phi) is 3.72. The number of rotatable bonds is 5. The topological polar surface area (TPSA) is 49.3 Å². The van der Waals surface area contributed by atoms with Crippen LogP contribution in [0.4, 0.5) is 0 Å². The highest BCUT2D eigenvalue weighted by Crippen LogP contribution is 2.37. The summed E-state index contributed by atoms with van der Waals surface area (Å²) in [6.07, 6.45) is 1.81. The van der Waals surface area contributed by atoms with E-state index in [0.717, 1.165) is 12.8 Å². The Hall–Kier alpha value is -0.570. The van der Waals surface area contributed by atoms with Crippen LogP contribution in [0.3, 0.4) is 0 Å². The van der Waals surface area contributed by atoms with E-state index in [1.165, 1.54) is 0 Å². The molecule has 1 rings (SSSR count). The molecular formula is C10H19NO2. The normalized spacial score (nSPS) is 28.2. The molecule has 1 saturated carbocycles. The zero-order chi connectivity index (χ0) is 9.84. The molecule has 0 aromatic rings.